The molecule has 0 aromatic carbocycles. The number of hydrogen-bond acceptors (Lipinski definition) is 3. The number of rotatable bonds is 5. The summed E-state index contributed by atoms with van der Waals surface area (Å²) in [6, 6.07) is 3.96. The molecule has 0 bridgehead atoms. The molecule has 5 heteroatoms. The summed E-state index contributed by atoms with van der Waals surface area (Å²) in [5.74, 6) is -1.09. The largest absolute Gasteiger partial charge is 0.396 e. The quantitative estimate of drug-likeness (QED) is 0.739. The minimum absolute atomic E-state index is 0.00929. The number of halogens is 1. The number of amides is 1. The predicted octanol–water partition coefficient (Wildman–Crippen LogP) is 1.11. The molecule has 4 nitrogen and oxygen atoms in total. The van der Waals surface area contributed by atoms with Crippen LogP contribution in [0.5, 0.6) is 0 Å². The van der Waals surface area contributed by atoms with Crippen LogP contribution < -0.4 is 5.32 Å². The van der Waals surface area contributed by atoms with Crippen molar-refractivity contribution in [1.29, 1.82) is 0 Å². The van der Waals surface area contributed by atoms with Gasteiger partial charge in [-0.15, -0.1) is 0 Å². The SMILES string of the molecule is CCC(CCO)NC(=O)c1cccc(F)n1. The van der Waals surface area contributed by atoms with E-state index in [1.165, 1.54) is 18.2 Å². The van der Waals surface area contributed by atoms with E-state index in [0.717, 1.165) is 0 Å². The second-order valence-electron chi connectivity index (χ2n) is 3.44. The van der Waals surface area contributed by atoms with Crippen LogP contribution in [0.3, 0.4) is 0 Å². The van der Waals surface area contributed by atoms with Crippen molar-refractivity contribution in [3.8, 4) is 0 Å². The van der Waals surface area contributed by atoms with Crippen molar-refractivity contribution in [3.05, 3.63) is 29.8 Å². The molecule has 1 unspecified atom stereocenters. The third kappa shape index (κ3) is 3.58. The first kappa shape index (κ1) is 12.6. The summed E-state index contributed by atoms with van der Waals surface area (Å²) in [6.45, 7) is 1.91. The van der Waals surface area contributed by atoms with E-state index in [4.69, 9.17) is 5.11 Å². The molecule has 0 aliphatic carbocycles. The Hall–Kier alpha value is -1.49. The third-order valence-electron chi connectivity index (χ3n) is 2.25. The van der Waals surface area contributed by atoms with E-state index in [-0.39, 0.29) is 18.3 Å². The molecule has 1 amide bonds. The Morgan fingerprint density at radius 3 is 2.94 bits per heavy atom. The van der Waals surface area contributed by atoms with Gasteiger partial charge in [-0.2, -0.15) is 4.39 Å². The molecule has 0 aliphatic heterocycles. The number of carbonyl (C=O) groups excluding carboxylic acids is 1. The number of carbonyl (C=O) groups is 1. The molecule has 1 aromatic rings. The lowest BCUT2D eigenvalue weighted by Gasteiger charge is -2.15. The van der Waals surface area contributed by atoms with Crippen molar-refractivity contribution in [1.82, 2.24) is 10.3 Å². The summed E-state index contributed by atoms with van der Waals surface area (Å²) in [7, 11) is 0. The summed E-state index contributed by atoms with van der Waals surface area (Å²) < 4.78 is 12.8. The van der Waals surface area contributed by atoms with Gasteiger partial charge < -0.3 is 10.4 Å². The first-order valence-corrected chi connectivity index (χ1v) is 5.21. The number of pyridine rings is 1. The highest BCUT2D eigenvalue weighted by atomic mass is 19.1. The Bertz CT molecular complexity index is 358. The molecule has 0 fully saturated rings. The van der Waals surface area contributed by atoms with Gasteiger partial charge in [0.25, 0.3) is 5.91 Å². The first-order chi connectivity index (χ1) is 7.67. The molecule has 0 radical (unpaired) electrons. The van der Waals surface area contributed by atoms with Crippen LogP contribution in [0.15, 0.2) is 18.2 Å². The van der Waals surface area contributed by atoms with Gasteiger partial charge in [0.05, 0.1) is 0 Å². The molecule has 0 aliphatic rings. The zero-order valence-corrected chi connectivity index (χ0v) is 9.11. The molecule has 0 saturated heterocycles. The Morgan fingerprint density at radius 1 is 1.62 bits per heavy atom. The van der Waals surface area contributed by atoms with Crippen LogP contribution in [0.4, 0.5) is 4.39 Å². The number of aliphatic hydroxyl groups is 1. The molecule has 1 rings (SSSR count). The van der Waals surface area contributed by atoms with E-state index in [2.05, 4.69) is 10.3 Å². The standard InChI is InChI=1S/C11H15FN2O2/c1-2-8(6-7-15)13-11(16)9-4-3-5-10(12)14-9/h3-5,8,15H,2,6-7H2,1H3,(H,13,16). The molecular formula is C11H15FN2O2. The van der Waals surface area contributed by atoms with E-state index in [1.807, 2.05) is 6.92 Å². The first-order valence-electron chi connectivity index (χ1n) is 5.21. The van der Waals surface area contributed by atoms with Gasteiger partial charge in [-0.3, -0.25) is 4.79 Å². The lowest BCUT2D eigenvalue weighted by molar-refractivity contribution is 0.0923. The van der Waals surface area contributed by atoms with Gasteiger partial charge in [0.2, 0.25) is 5.95 Å². The van der Waals surface area contributed by atoms with Crippen molar-refractivity contribution in [2.75, 3.05) is 6.61 Å². The average Bonchev–Trinajstić information content (AvgIpc) is 2.28. The lowest BCUT2D eigenvalue weighted by Crippen LogP contribution is -2.35. The predicted molar refractivity (Wildman–Crippen MR) is 57.4 cm³/mol. The fourth-order valence-electron chi connectivity index (χ4n) is 1.33. The number of hydrogen-bond donors (Lipinski definition) is 2. The van der Waals surface area contributed by atoms with Crippen LogP contribution in [0.2, 0.25) is 0 Å². The van der Waals surface area contributed by atoms with Gasteiger partial charge in [0.15, 0.2) is 0 Å². The minimum atomic E-state index is -0.678. The summed E-state index contributed by atoms with van der Waals surface area (Å²) in [4.78, 5) is 15.1. The second-order valence-corrected chi connectivity index (χ2v) is 3.44. The lowest BCUT2D eigenvalue weighted by atomic mass is 10.1. The van der Waals surface area contributed by atoms with Crippen LogP contribution >= 0.6 is 0 Å². The van der Waals surface area contributed by atoms with Crippen molar-refractivity contribution < 1.29 is 14.3 Å². The fraction of sp³-hybridized carbons (Fsp3) is 0.455. The molecule has 1 aromatic heterocycles. The smallest absolute Gasteiger partial charge is 0.270 e. The van der Waals surface area contributed by atoms with Crippen LogP contribution in [-0.2, 0) is 0 Å². The third-order valence-corrected chi connectivity index (χ3v) is 2.25. The van der Waals surface area contributed by atoms with Crippen molar-refractivity contribution >= 4 is 5.91 Å². The molecule has 0 spiro atoms. The molecular weight excluding hydrogens is 211 g/mol. The fourth-order valence-corrected chi connectivity index (χ4v) is 1.33. The Labute approximate surface area is 93.5 Å². The van der Waals surface area contributed by atoms with Gasteiger partial charge in [-0.25, -0.2) is 4.98 Å². The average molecular weight is 226 g/mol. The topological polar surface area (TPSA) is 62.2 Å². The summed E-state index contributed by atoms with van der Waals surface area (Å²) in [5.41, 5.74) is 0.0522. The monoisotopic (exact) mass is 226 g/mol. The Morgan fingerprint density at radius 2 is 2.38 bits per heavy atom. The second kappa shape index (κ2) is 6.17. The van der Waals surface area contributed by atoms with Gasteiger partial charge in [-0.05, 0) is 25.0 Å². The number of aromatic nitrogens is 1. The van der Waals surface area contributed by atoms with Crippen LogP contribution in [0.25, 0.3) is 0 Å². The maximum absolute atomic E-state index is 12.8. The van der Waals surface area contributed by atoms with E-state index >= 15 is 0 Å². The molecule has 0 saturated carbocycles. The molecule has 16 heavy (non-hydrogen) atoms. The maximum Gasteiger partial charge on any atom is 0.270 e. The summed E-state index contributed by atoms with van der Waals surface area (Å²) in [6.07, 6.45) is 1.19. The van der Waals surface area contributed by atoms with Crippen LogP contribution in [-0.4, -0.2) is 28.6 Å². The zero-order chi connectivity index (χ0) is 12.0. The maximum atomic E-state index is 12.8. The van der Waals surface area contributed by atoms with Crippen LogP contribution in [0, 0.1) is 5.95 Å². The van der Waals surface area contributed by atoms with E-state index in [1.54, 1.807) is 0 Å². The molecule has 88 valence electrons. The van der Waals surface area contributed by atoms with E-state index < -0.39 is 11.9 Å². The zero-order valence-electron chi connectivity index (χ0n) is 9.11. The normalized spacial score (nSPS) is 12.2. The van der Waals surface area contributed by atoms with Crippen molar-refractivity contribution in [3.63, 3.8) is 0 Å². The number of aliphatic hydroxyl groups excluding tert-OH is 1. The summed E-state index contributed by atoms with van der Waals surface area (Å²) in [5, 5.41) is 11.5. The van der Waals surface area contributed by atoms with Crippen molar-refractivity contribution in [2.45, 2.75) is 25.8 Å². The van der Waals surface area contributed by atoms with E-state index in [0.29, 0.717) is 12.8 Å². The highest BCUT2D eigenvalue weighted by molar-refractivity contribution is 5.92. The highest BCUT2D eigenvalue weighted by Gasteiger charge is 2.13. The van der Waals surface area contributed by atoms with Gasteiger partial charge >= 0.3 is 0 Å². The molecule has 2 N–H and O–H groups in total. The van der Waals surface area contributed by atoms with Gasteiger partial charge in [0.1, 0.15) is 5.69 Å². The molecule has 1 atom stereocenters. The Kier molecular flexibility index (Phi) is 4.85. The molecule has 1 heterocycles. The highest BCUT2D eigenvalue weighted by Crippen LogP contribution is 2.01. The summed E-state index contributed by atoms with van der Waals surface area (Å²) >= 11 is 0. The van der Waals surface area contributed by atoms with Crippen molar-refractivity contribution in [2.24, 2.45) is 0 Å². The van der Waals surface area contributed by atoms with E-state index in [9.17, 15) is 9.18 Å². The minimum Gasteiger partial charge on any atom is -0.396 e. The Balaban J connectivity index is 2.64. The number of nitrogens with one attached hydrogen (secondary N) is 1. The van der Waals surface area contributed by atoms with Gasteiger partial charge in [-0.1, -0.05) is 13.0 Å². The van der Waals surface area contributed by atoms with Crippen LogP contribution in [0.1, 0.15) is 30.3 Å². The van der Waals surface area contributed by atoms with Gasteiger partial charge in [0, 0.05) is 12.6 Å². The number of nitrogens with zero attached hydrogens (tertiary/aromatic N) is 1.